The van der Waals surface area contributed by atoms with Gasteiger partial charge >= 0.3 is 5.97 Å². The fourth-order valence-electron chi connectivity index (χ4n) is 3.10. The molecule has 1 saturated heterocycles. The van der Waals surface area contributed by atoms with E-state index in [0.717, 1.165) is 25.7 Å². The number of rotatable bonds is 4. The molecule has 1 heterocycles. The molecule has 1 amide bonds. The fourth-order valence-corrected chi connectivity index (χ4v) is 3.10. The highest BCUT2D eigenvalue weighted by Gasteiger charge is 2.40. The molecule has 2 atom stereocenters. The van der Waals surface area contributed by atoms with E-state index in [1.165, 1.54) is 0 Å². The van der Waals surface area contributed by atoms with Gasteiger partial charge in [-0.05, 0) is 26.2 Å². The average Bonchev–Trinajstić information content (AvgIpc) is 2.83. The van der Waals surface area contributed by atoms with Crippen LogP contribution >= 0.6 is 0 Å². The molecule has 2 aliphatic rings. The van der Waals surface area contributed by atoms with E-state index in [0.29, 0.717) is 19.4 Å². The zero-order valence-corrected chi connectivity index (χ0v) is 11.5. The molecule has 108 valence electrons. The largest absolute Gasteiger partial charge is 0.481 e. The number of hydrogen-bond donors (Lipinski definition) is 2. The van der Waals surface area contributed by atoms with Crippen LogP contribution in [0.2, 0.25) is 0 Å². The number of hydrogen-bond acceptors (Lipinski definition) is 3. The molecule has 1 saturated carbocycles. The van der Waals surface area contributed by atoms with Crippen LogP contribution in [-0.4, -0.2) is 36.2 Å². The molecule has 0 bridgehead atoms. The lowest BCUT2D eigenvalue weighted by molar-refractivity contribution is -0.151. The molecule has 5 nitrogen and oxygen atoms in total. The molecule has 2 N–H and O–H groups in total. The summed E-state index contributed by atoms with van der Waals surface area (Å²) in [5, 5.41) is 12.3. The lowest BCUT2D eigenvalue weighted by Crippen LogP contribution is -2.45. The van der Waals surface area contributed by atoms with Crippen molar-refractivity contribution >= 4 is 11.9 Å². The minimum absolute atomic E-state index is 0.0597. The Morgan fingerprint density at radius 3 is 2.53 bits per heavy atom. The van der Waals surface area contributed by atoms with Gasteiger partial charge in [0.15, 0.2) is 0 Å². The molecule has 2 rings (SSSR count). The third-order valence-electron chi connectivity index (χ3n) is 4.43. The van der Waals surface area contributed by atoms with E-state index in [4.69, 9.17) is 4.74 Å². The Morgan fingerprint density at radius 2 is 2.00 bits per heavy atom. The van der Waals surface area contributed by atoms with Crippen LogP contribution in [0.1, 0.15) is 45.4 Å². The van der Waals surface area contributed by atoms with Gasteiger partial charge in [-0.2, -0.15) is 0 Å². The van der Waals surface area contributed by atoms with Crippen LogP contribution in [0.4, 0.5) is 0 Å². The summed E-state index contributed by atoms with van der Waals surface area (Å²) in [6, 6.07) is 0. The monoisotopic (exact) mass is 269 g/mol. The number of ether oxygens (including phenoxy) is 1. The van der Waals surface area contributed by atoms with Gasteiger partial charge in [0.05, 0.1) is 24.0 Å². The van der Waals surface area contributed by atoms with Gasteiger partial charge < -0.3 is 15.2 Å². The molecule has 0 aromatic rings. The number of amides is 1. The van der Waals surface area contributed by atoms with Crippen molar-refractivity contribution in [3.05, 3.63) is 0 Å². The van der Waals surface area contributed by atoms with Gasteiger partial charge in [-0.25, -0.2) is 0 Å². The summed E-state index contributed by atoms with van der Waals surface area (Å²) in [6.07, 6.45) is 5.15. The van der Waals surface area contributed by atoms with Crippen LogP contribution in [-0.2, 0) is 14.3 Å². The Bertz CT molecular complexity index is 349. The second-order valence-corrected chi connectivity index (χ2v) is 5.94. The predicted molar refractivity (Wildman–Crippen MR) is 69.7 cm³/mol. The third-order valence-corrected chi connectivity index (χ3v) is 4.43. The zero-order chi connectivity index (χ0) is 13.9. The van der Waals surface area contributed by atoms with E-state index in [-0.39, 0.29) is 24.5 Å². The molecule has 19 heavy (non-hydrogen) atoms. The van der Waals surface area contributed by atoms with Crippen molar-refractivity contribution in [2.75, 3.05) is 13.2 Å². The molecule has 0 aromatic carbocycles. The van der Waals surface area contributed by atoms with Crippen molar-refractivity contribution in [2.45, 2.75) is 51.6 Å². The molecule has 2 unspecified atom stereocenters. The number of carboxylic acids is 1. The SMILES string of the molecule is CC1CC(C(=O)NCC2(C(=O)O)CCCCC2)CO1. The number of carboxylic acid groups (broad SMARTS) is 1. The summed E-state index contributed by atoms with van der Waals surface area (Å²) in [7, 11) is 0. The zero-order valence-electron chi connectivity index (χ0n) is 11.5. The molecule has 5 heteroatoms. The van der Waals surface area contributed by atoms with Gasteiger partial charge in [-0.3, -0.25) is 9.59 Å². The first-order valence-electron chi connectivity index (χ1n) is 7.16. The minimum atomic E-state index is -0.775. The first-order valence-corrected chi connectivity index (χ1v) is 7.16. The Morgan fingerprint density at radius 1 is 1.32 bits per heavy atom. The van der Waals surface area contributed by atoms with Gasteiger partial charge in [0.25, 0.3) is 0 Å². The normalized spacial score (nSPS) is 29.9. The quantitative estimate of drug-likeness (QED) is 0.812. The summed E-state index contributed by atoms with van der Waals surface area (Å²) < 4.78 is 5.37. The van der Waals surface area contributed by atoms with Crippen LogP contribution in [0.25, 0.3) is 0 Å². The van der Waals surface area contributed by atoms with Crippen molar-refractivity contribution in [3.63, 3.8) is 0 Å². The van der Waals surface area contributed by atoms with Crippen LogP contribution in [0, 0.1) is 11.3 Å². The van der Waals surface area contributed by atoms with Gasteiger partial charge in [0.2, 0.25) is 5.91 Å². The van der Waals surface area contributed by atoms with Gasteiger partial charge in [-0.1, -0.05) is 19.3 Å². The first-order chi connectivity index (χ1) is 9.03. The van der Waals surface area contributed by atoms with Crippen LogP contribution in [0.15, 0.2) is 0 Å². The molecular formula is C14H23NO4. The first kappa shape index (κ1) is 14.3. The number of nitrogens with one attached hydrogen (secondary N) is 1. The lowest BCUT2D eigenvalue weighted by atomic mass is 9.74. The Balaban J connectivity index is 1.88. The molecule has 1 aliphatic carbocycles. The highest BCUT2D eigenvalue weighted by Crippen LogP contribution is 2.36. The average molecular weight is 269 g/mol. The van der Waals surface area contributed by atoms with Crippen molar-refractivity contribution in [1.29, 1.82) is 0 Å². The van der Waals surface area contributed by atoms with E-state index in [9.17, 15) is 14.7 Å². The number of aliphatic carboxylic acids is 1. The fraction of sp³-hybridized carbons (Fsp3) is 0.857. The van der Waals surface area contributed by atoms with Crippen LogP contribution < -0.4 is 5.32 Å². The van der Waals surface area contributed by atoms with Gasteiger partial charge in [0.1, 0.15) is 0 Å². The Hall–Kier alpha value is -1.10. The third kappa shape index (κ3) is 3.26. The van der Waals surface area contributed by atoms with Gasteiger partial charge in [0, 0.05) is 6.54 Å². The molecule has 1 aliphatic heterocycles. The summed E-state index contributed by atoms with van der Waals surface area (Å²) >= 11 is 0. The molecule has 0 aromatic heterocycles. The van der Waals surface area contributed by atoms with Crippen molar-refractivity contribution in [1.82, 2.24) is 5.32 Å². The van der Waals surface area contributed by atoms with Gasteiger partial charge in [-0.15, -0.1) is 0 Å². The second kappa shape index (κ2) is 5.90. The number of carbonyl (C=O) groups excluding carboxylic acids is 1. The van der Waals surface area contributed by atoms with Crippen molar-refractivity contribution < 1.29 is 19.4 Å². The molecule has 2 fully saturated rings. The Labute approximate surface area is 113 Å². The summed E-state index contributed by atoms with van der Waals surface area (Å²) in [5.74, 6) is -0.955. The van der Waals surface area contributed by atoms with E-state index >= 15 is 0 Å². The molecule has 0 radical (unpaired) electrons. The maximum Gasteiger partial charge on any atom is 0.311 e. The number of carbonyl (C=O) groups is 2. The molecule has 0 spiro atoms. The maximum atomic E-state index is 12.0. The highest BCUT2D eigenvalue weighted by molar-refractivity contribution is 5.81. The molecular weight excluding hydrogens is 246 g/mol. The summed E-state index contributed by atoms with van der Waals surface area (Å²) in [4.78, 5) is 23.5. The second-order valence-electron chi connectivity index (χ2n) is 5.94. The summed E-state index contributed by atoms with van der Waals surface area (Å²) in [5.41, 5.74) is -0.751. The van der Waals surface area contributed by atoms with E-state index in [2.05, 4.69) is 5.32 Å². The summed E-state index contributed by atoms with van der Waals surface area (Å²) in [6.45, 7) is 2.66. The smallest absolute Gasteiger partial charge is 0.311 e. The standard InChI is InChI=1S/C14H23NO4/c1-10-7-11(8-19-10)12(16)15-9-14(13(17)18)5-3-2-4-6-14/h10-11H,2-9H2,1H3,(H,15,16)(H,17,18). The highest BCUT2D eigenvalue weighted by atomic mass is 16.5. The minimum Gasteiger partial charge on any atom is -0.481 e. The van der Waals surface area contributed by atoms with Crippen molar-refractivity contribution in [3.8, 4) is 0 Å². The van der Waals surface area contributed by atoms with Crippen LogP contribution in [0.3, 0.4) is 0 Å². The maximum absolute atomic E-state index is 12.0. The topological polar surface area (TPSA) is 75.6 Å². The lowest BCUT2D eigenvalue weighted by Gasteiger charge is -2.33. The van der Waals surface area contributed by atoms with Crippen LogP contribution in [0.5, 0.6) is 0 Å². The van der Waals surface area contributed by atoms with E-state index < -0.39 is 11.4 Å². The predicted octanol–water partition coefficient (Wildman–Crippen LogP) is 1.56. The van der Waals surface area contributed by atoms with E-state index in [1.54, 1.807) is 0 Å². The van der Waals surface area contributed by atoms with Crippen molar-refractivity contribution in [2.24, 2.45) is 11.3 Å². The van der Waals surface area contributed by atoms with E-state index in [1.807, 2.05) is 6.92 Å². The Kier molecular flexibility index (Phi) is 4.45.